The average Bonchev–Trinajstić information content (AvgIpc) is 2.98. The van der Waals surface area contributed by atoms with Crippen molar-refractivity contribution < 1.29 is 9.53 Å². The van der Waals surface area contributed by atoms with Crippen LogP contribution < -0.4 is 10.1 Å². The number of anilines is 1. The van der Waals surface area contributed by atoms with Crippen molar-refractivity contribution in [3.8, 4) is 5.75 Å². The Kier molecular flexibility index (Phi) is 5.14. The van der Waals surface area contributed by atoms with Crippen molar-refractivity contribution in [2.75, 3.05) is 5.32 Å². The number of amides is 1. The maximum Gasteiger partial charge on any atom is 0.248 e. The standard InChI is InChI=1S/C20H20N2O2S/c1-13(2)24-15-8-9-16(14(3)12-15)21-19(23)10-11-20-22-17-6-4-5-7-18(17)25-20/h4-13H,1-3H3,(H,21,23)/b11-10+. The van der Waals surface area contributed by atoms with Crippen LogP contribution in [0, 0.1) is 6.92 Å². The van der Waals surface area contributed by atoms with Crippen molar-refractivity contribution in [2.45, 2.75) is 26.9 Å². The maximum absolute atomic E-state index is 12.2. The van der Waals surface area contributed by atoms with Crippen LogP contribution in [0.4, 0.5) is 5.69 Å². The largest absolute Gasteiger partial charge is 0.491 e. The predicted octanol–water partition coefficient (Wildman–Crippen LogP) is 5.04. The van der Waals surface area contributed by atoms with E-state index in [1.807, 2.05) is 63.2 Å². The molecule has 2 aromatic carbocycles. The summed E-state index contributed by atoms with van der Waals surface area (Å²) in [5.41, 5.74) is 2.68. The van der Waals surface area contributed by atoms with Gasteiger partial charge in [-0.05, 0) is 62.7 Å². The van der Waals surface area contributed by atoms with E-state index < -0.39 is 0 Å². The lowest BCUT2D eigenvalue weighted by Gasteiger charge is -2.12. The van der Waals surface area contributed by atoms with Gasteiger partial charge in [0.25, 0.3) is 0 Å². The van der Waals surface area contributed by atoms with Crippen molar-refractivity contribution in [1.29, 1.82) is 0 Å². The van der Waals surface area contributed by atoms with Gasteiger partial charge < -0.3 is 10.1 Å². The SMILES string of the molecule is Cc1cc(OC(C)C)ccc1NC(=O)/C=C/c1nc2ccccc2s1. The molecule has 4 nitrogen and oxygen atoms in total. The topological polar surface area (TPSA) is 51.2 Å². The molecule has 5 heteroatoms. The lowest BCUT2D eigenvalue weighted by atomic mass is 10.2. The summed E-state index contributed by atoms with van der Waals surface area (Å²) in [5.74, 6) is 0.621. The maximum atomic E-state index is 12.2. The third-order valence-electron chi connectivity index (χ3n) is 3.52. The number of para-hydroxylation sites is 1. The molecule has 1 heterocycles. The van der Waals surface area contributed by atoms with Gasteiger partial charge in [0, 0.05) is 11.8 Å². The van der Waals surface area contributed by atoms with Crippen LogP contribution in [0.15, 0.2) is 48.5 Å². The highest BCUT2D eigenvalue weighted by Gasteiger charge is 2.06. The molecule has 0 aliphatic rings. The number of aryl methyl sites for hydroxylation is 1. The lowest BCUT2D eigenvalue weighted by molar-refractivity contribution is -0.111. The molecular weight excluding hydrogens is 332 g/mol. The molecule has 0 saturated carbocycles. The van der Waals surface area contributed by atoms with Gasteiger partial charge in [0.05, 0.1) is 16.3 Å². The van der Waals surface area contributed by atoms with E-state index in [0.717, 1.165) is 32.2 Å². The van der Waals surface area contributed by atoms with Gasteiger partial charge in [-0.3, -0.25) is 4.79 Å². The molecule has 0 saturated heterocycles. The van der Waals surface area contributed by atoms with Crippen molar-refractivity contribution in [3.05, 3.63) is 59.1 Å². The Hall–Kier alpha value is -2.66. The van der Waals surface area contributed by atoms with Crippen LogP contribution in [0.1, 0.15) is 24.4 Å². The molecule has 1 aromatic heterocycles. The molecule has 1 N–H and O–H groups in total. The third-order valence-corrected chi connectivity index (χ3v) is 4.52. The Morgan fingerprint density at radius 1 is 1.24 bits per heavy atom. The fourth-order valence-electron chi connectivity index (χ4n) is 2.40. The number of ether oxygens (including phenoxy) is 1. The van der Waals surface area contributed by atoms with Crippen molar-refractivity contribution >= 4 is 39.2 Å². The van der Waals surface area contributed by atoms with E-state index in [1.54, 1.807) is 17.4 Å². The van der Waals surface area contributed by atoms with Gasteiger partial charge in [-0.2, -0.15) is 0 Å². The molecule has 0 radical (unpaired) electrons. The quantitative estimate of drug-likeness (QED) is 0.654. The van der Waals surface area contributed by atoms with Crippen LogP contribution >= 0.6 is 11.3 Å². The fraction of sp³-hybridized carbons (Fsp3) is 0.200. The van der Waals surface area contributed by atoms with Gasteiger partial charge in [-0.15, -0.1) is 11.3 Å². The van der Waals surface area contributed by atoms with E-state index in [-0.39, 0.29) is 12.0 Å². The molecule has 0 bridgehead atoms. The molecule has 1 amide bonds. The monoisotopic (exact) mass is 352 g/mol. The van der Waals surface area contributed by atoms with Crippen molar-refractivity contribution in [1.82, 2.24) is 4.98 Å². The first-order chi connectivity index (χ1) is 12.0. The summed E-state index contributed by atoms with van der Waals surface area (Å²) in [7, 11) is 0. The van der Waals surface area contributed by atoms with Gasteiger partial charge in [-0.1, -0.05) is 12.1 Å². The zero-order valence-corrected chi connectivity index (χ0v) is 15.3. The molecule has 25 heavy (non-hydrogen) atoms. The van der Waals surface area contributed by atoms with E-state index in [9.17, 15) is 4.79 Å². The minimum absolute atomic E-state index is 0.122. The van der Waals surface area contributed by atoms with Crippen molar-refractivity contribution in [2.24, 2.45) is 0 Å². The van der Waals surface area contributed by atoms with Crippen LogP contribution in [-0.4, -0.2) is 17.0 Å². The van der Waals surface area contributed by atoms with E-state index in [2.05, 4.69) is 10.3 Å². The van der Waals surface area contributed by atoms with E-state index in [1.165, 1.54) is 6.08 Å². The number of hydrogen-bond acceptors (Lipinski definition) is 4. The number of thiazole rings is 1. The van der Waals surface area contributed by atoms with Gasteiger partial charge >= 0.3 is 0 Å². The summed E-state index contributed by atoms with van der Waals surface area (Å²) in [5, 5.41) is 3.70. The van der Waals surface area contributed by atoms with E-state index >= 15 is 0 Å². The Bertz CT molecular complexity index is 895. The van der Waals surface area contributed by atoms with Crippen LogP contribution in [-0.2, 0) is 4.79 Å². The highest BCUT2D eigenvalue weighted by Crippen LogP contribution is 2.24. The zero-order valence-electron chi connectivity index (χ0n) is 14.4. The van der Waals surface area contributed by atoms with Crippen LogP contribution in [0.5, 0.6) is 5.75 Å². The van der Waals surface area contributed by atoms with Crippen molar-refractivity contribution in [3.63, 3.8) is 0 Å². The number of nitrogens with zero attached hydrogens (tertiary/aromatic N) is 1. The molecule has 0 aliphatic heterocycles. The molecule has 128 valence electrons. The summed E-state index contributed by atoms with van der Waals surface area (Å²) < 4.78 is 6.77. The Balaban J connectivity index is 1.67. The molecule has 3 rings (SSSR count). The van der Waals surface area contributed by atoms with Crippen LogP contribution in [0.3, 0.4) is 0 Å². The fourth-order valence-corrected chi connectivity index (χ4v) is 3.27. The second-order valence-electron chi connectivity index (χ2n) is 5.99. The molecule has 0 spiro atoms. The number of hydrogen-bond donors (Lipinski definition) is 1. The molecule has 0 atom stereocenters. The summed E-state index contributed by atoms with van der Waals surface area (Å²) in [6, 6.07) is 13.6. The number of rotatable bonds is 5. The third kappa shape index (κ3) is 4.45. The lowest BCUT2D eigenvalue weighted by Crippen LogP contribution is -2.10. The van der Waals surface area contributed by atoms with Gasteiger partial charge in [0.2, 0.25) is 5.91 Å². The second-order valence-corrected chi connectivity index (χ2v) is 7.05. The summed E-state index contributed by atoms with van der Waals surface area (Å²) in [6.07, 6.45) is 3.37. The first-order valence-corrected chi connectivity index (χ1v) is 8.95. The zero-order chi connectivity index (χ0) is 17.8. The first kappa shape index (κ1) is 17.2. The highest BCUT2D eigenvalue weighted by molar-refractivity contribution is 7.19. The number of carbonyl (C=O) groups is 1. The number of fused-ring (bicyclic) bond motifs is 1. The number of nitrogens with one attached hydrogen (secondary N) is 1. The Labute approximate surface area is 151 Å². The number of benzene rings is 2. The highest BCUT2D eigenvalue weighted by atomic mass is 32.1. The molecule has 3 aromatic rings. The second kappa shape index (κ2) is 7.49. The van der Waals surface area contributed by atoms with E-state index in [0.29, 0.717) is 0 Å². The summed E-state index contributed by atoms with van der Waals surface area (Å²) in [4.78, 5) is 16.6. The first-order valence-electron chi connectivity index (χ1n) is 8.13. The normalized spacial score (nSPS) is 11.4. The average molecular weight is 352 g/mol. The van der Waals surface area contributed by atoms with Gasteiger partial charge in [-0.25, -0.2) is 4.98 Å². The Morgan fingerprint density at radius 2 is 2.04 bits per heavy atom. The number of aromatic nitrogens is 1. The summed E-state index contributed by atoms with van der Waals surface area (Å²) >= 11 is 1.56. The minimum atomic E-state index is -0.181. The summed E-state index contributed by atoms with van der Waals surface area (Å²) in [6.45, 7) is 5.91. The molecule has 0 aliphatic carbocycles. The van der Waals surface area contributed by atoms with E-state index in [4.69, 9.17) is 4.74 Å². The molecule has 0 unspecified atom stereocenters. The van der Waals surface area contributed by atoms with Crippen LogP contribution in [0.25, 0.3) is 16.3 Å². The predicted molar refractivity (Wildman–Crippen MR) is 104 cm³/mol. The van der Waals surface area contributed by atoms with Crippen LogP contribution in [0.2, 0.25) is 0 Å². The smallest absolute Gasteiger partial charge is 0.248 e. The van der Waals surface area contributed by atoms with Gasteiger partial charge in [0.15, 0.2) is 0 Å². The molecule has 0 fully saturated rings. The van der Waals surface area contributed by atoms with Gasteiger partial charge in [0.1, 0.15) is 10.8 Å². The minimum Gasteiger partial charge on any atom is -0.491 e. The molecular formula is C20H20N2O2S. The Morgan fingerprint density at radius 3 is 2.76 bits per heavy atom. The number of carbonyl (C=O) groups excluding carboxylic acids is 1.